The number of nitrogens with zero attached hydrogens (tertiary/aromatic N) is 5. The summed E-state index contributed by atoms with van der Waals surface area (Å²) in [7, 11) is 1.60. The van der Waals surface area contributed by atoms with Crippen LogP contribution in [0.5, 0.6) is 5.75 Å². The van der Waals surface area contributed by atoms with Crippen LogP contribution in [0.15, 0.2) is 89.9 Å². The van der Waals surface area contributed by atoms with Gasteiger partial charge in [-0.15, -0.1) is 5.10 Å². The summed E-state index contributed by atoms with van der Waals surface area (Å²) in [6.07, 6.45) is 3.63. The van der Waals surface area contributed by atoms with Crippen molar-refractivity contribution < 1.29 is 9.13 Å². The molecule has 176 valence electrons. The Hall–Kier alpha value is -4.63. The van der Waals surface area contributed by atoms with Gasteiger partial charge >= 0.3 is 0 Å². The Morgan fingerprint density at radius 2 is 1.64 bits per heavy atom. The predicted molar refractivity (Wildman–Crippen MR) is 137 cm³/mol. The van der Waals surface area contributed by atoms with Crippen molar-refractivity contribution in [3.63, 3.8) is 0 Å². The van der Waals surface area contributed by atoms with E-state index in [-0.39, 0.29) is 11.4 Å². The van der Waals surface area contributed by atoms with Gasteiger partial charge < -0.3 is 4.74 Å². The normalized spacial score (nSPS) is 11.9. The maximum absolute atomic E-state index is 13.6. The van der Waals surface area contributed by atoms with Gasteiger partial charge in [-0.05, 0) is 66.7 Å². The first-order valence-corrected chi connectivity index (χ1v) is 11.9. The number of rotatable bonds is 5. The van der Waals surface area contributed by atoms with Gasteiger partial charge in [-0.2, -0.15) is 14.6 Å². The lowest BCUT2D eigenvalue weighted by molar-refractivity contribution is 0.415. The average molecular weight is 496 g/mol. The fraction of sp³-hybridized carbons (Fsp3) is 0.0370. The first-order valence-electron chi connectivity index (χ1n) is 11.1. The third-order valence-electron chi connectivity index (χ3n) is 5.70. The summed E-state index contributed by atoms with van der Waals surface area (Å²) in [5.74, 6) is 0.873. The van der Waals surface area contributed by atoms with Gasteiger partial charge in [0.1, 0.15) is 17.3 Å². The van der Waals surface area contributed by atoms with E-state index in [1.54, 1.807) is 30.0 Å². The number of hydrogen-bond donors (Lipinski definition) is 0. The number of halogens is 1. The molecule has 0 radical (unpaired) electrons. The van der Waals surface area contributed by atoms with Crippen molar-refractivity contribution in [2.75, 3.05) is 7.11 Å². The number of benzene rings is 3. The summed E-state index contributed by atoms with van der Waals surface area (Å²) in [5.41, 5.74) is 3.50. The smallest absolute Gasteiger partial charge is 0.291 e. The first kappa shape index (κ1) is 21.9. The second-order valence-corrected chi connectivity index (χ2v) is 9.00. The zero-order chi connectivity index (χ0) is 24.6. The molecule has 0 amide bonds. The van der Waals surface area contributed by atoms with Crippen molar-refractivity contribution in [3.05, 3.63) is 111 Å². The van der Waals surface area contributed by atoms with E-state index in [4.69, 9.17) is 9.84 Å². The summed E-state index contributed by atoms with van der Waals surface area (Å²) >= 11 is 1.25. The minimum atomic E-state index is -0.327. The Kier molecular flexibility index (Phi) is 5.38. The highest BCUT2D eigenvalue weighted by atomic mass is 32.1. The Bertz CT molecular complexity index is 1790. The molecule has 7 nitrogen and oxygen atoms in total. The molecule has 0 aliphatic heterocycles. The van der Waals surface area contributed by atoms with Crippen LogP contribution in [0.1, 0.15) is 5.56 Å². The molecule has 6 aromatic rings. The van der Waals surface area contributed by atoms with Crippen molar-refractivity contribution in [3.8, 4) is 34.1 Å². The standard InChI is InChI=1S/C27H18FN5O2S/c1-35-22-13-9-18(10-14-22)25-29-27-33(31-25)26(34)23(36-27)15-19-16-32(21-5-3-2-4-6-21)30-24(19)17-7-11-20(28)12-8-17/h2-16H,1H3/b23-15-. The highest BCUT2D eigenvalue weighted by molar-refractivity contribution is 7.15. The van der Waals surface area contributed by atoms with Crippen LogP contribution in [0.2, 0.25) is 0 Å². The molecule has 0 spiro atoms. The quantitative estimate of drug-likeness (QED) is 0.355. The molecular weight excluding hydrogens is 477 g/mol. The molecule has 6 rings (SSSR count). The van der Waals surface area contributed by atoms with E-state index in [2.05, 4.69) is 10.1 Å². The maximum atomic E-state index is 13.6. The van der Waals surface area contributed by atoms with Gasteiger partial charge in [0.2, 0.25) is 4.96 Å². The molecule has 3 aromatic heterocycles. The molecule has 9 heteroatoms. The maximum Gasteiger partial charge on any atom is 0.291 e. The summed E-state index contributed by atoms with van der Waals surface area (Å²) in [5, 5.41) is 9.16. The fourth-order valence-electron chi connectivity index (χ4n) is 3.88. The fourth-order valence-corrected chi connectivity index (χ4v) is 4.77. The van der Waals surface area contributed by atoms with Gasteiger partial charge in [-0.3, -0.25) is 4.79 Å². The van der Waals surface area contributed by atoms with Crippen LogP contribution < -0.4 is 14.8 Å². The van der Waals surface area contributed by atoms with E-state index in [0.717, 1.165) is 28.1 Å². The third kappa shape index (κ3) is 3.95. The van der Waals surface area contributed by atoms with Gasteiger partial charge in [0, 0.05) is 22.9 Å². The zero-order valence-corrected chi connectivity index (χ0v) is 19.8. The topological polar surface area (TPSA) is 74.3 Å². The molecule has 0 N–H and O–H groups in total. The zero-order valence-electron chi connectivity index (χ0n) is 19.0. The molecule has 0 bridgehead atoms. The summed E-state index contributed by atoms with van der Waals surface area (Å²) in [6.45, 7) is 0. The molecule has 0 atom stereocenters. The number of methoxy groups -OCH3 is 1. The number of fused-ring (bicyclic) bond motifs is 1. The summed E-state index contributed by atoms with van der Waals surface area (Å²) in [6, 6.07) is 23.1. The van der Waals surface area contributed by atoms with Crippen LogP contribution in [-0.2, 0) is 0 Å². The minimum Gasteiger partial charge on any atom is -0.497 e. The highest BCUT2D eigenvalue weighted by Gasteiger charge is 2.15. The lowest BCUT2D eigenvalue weighted by atomic mass is 10.1. The number of thiazole rings is 1. The van der Waals surface area contributed by atoms with Crippen molar-refractivity contribution >= 4 is 22.4 Å². The molecule has 0 aliphatic rings. The molecular formula is C27H18FN5O2S. The van der Waals surface area contributed by atoms with E-state index >= 15 is 0 Å². The van der Waals surface area contributed by atoms with Crippen molar-refractivity contribution in [1.29, 1.82) is 0 Å². The van der Waals surface area contributed by atoms with Crippen LogP contribution in [-0.4, -0.2) is 31.5 Å². The minimum absolute atomic E-state index is 0.264. The Balaban J connectivity index is 1.46. The van der Waals surface area contributed by atoms with E-state index in [1.165, 1.54) is 28.0 Å². The molecule has 0 saturated heterocycles. The summed E-state index contributed by atoms with van der Waals surface area (Å²) in [4.78, 5) is 18.2. The third-order valence-corrected chi connectivity index (χ3v) is 6.66. The molecule has 0 fully saturated rings. The van der Waals surface area contributed by atoms with Crippen molar-refractivity contribution in [2.45, 2.75) is 0 Å². The monoisotopic (exact) mass is 495 g/mol. The molecule has 0 unspecified atom stereocenters. The number of ether oxygens (including phenoxy) is 1. The van der Waals surface area contributed by atoms with E-state index in [0.29, 0.717) is 21.0 Å². The molecule has 3 aromatic carbocycles. The molecule has 36 heavy (non-hydrogen) atoms. The second-order valence-electron chi connectivity index (χ2n) is 7.99. The van der Waals surface area contributed by atoms with E-state index < -0.39 is 0 Å². The van der Waals surface area contributed by atoms with Gasteiger partial charge in [0.05, 0.1) is 17.3 Å². The van der Waals surface area contributed by atoms with Gasteiger partial charge in [0.15, 0.2) is 5.82 Å². The number of hydrogen-bond acceptors (Lipinski definition) is 6. The Morgan fingerprint density at radius 3 is 2.33 bits per heavy atom. The van der Waals surface area contributed by atoms with Gasteiger partial charge in [-0.25, -0.2) is 9.07 Å². The van der Waals surface area contributed by atoms with Crippen LogP contribution in [0, 0.1) is 5.82 Å². The SMILES string of the molecule is COc1ccc(-c2nc3s/c(=C\c4cn(-c5ccccc5)nc4-c4ccc(F)cc4)c(=O)n3n2)cc1. The van der Waals surface area contributed by atoms with Gasteiger partial charge in [0.25, 0.3) is 5.56 Å². The molecule has 0 saturated carbocycles. The van der Waals surface area contributed by atoms with Gasteiger partial charge in [-0.1, -0.05) is 29.5 Å². The van der Waals surface area contributed by atoms with Crippen molar-refractivity contribution in [1.82, 2.24) is 24.4 Å². The number of para-hydroxylation sites is 1. The Labute approximate surface area is 208 Å². The van der Waals surface area contributed by atoms with Crippen LogP contribution in [0.3, 0.4) is 0 Å². The molecule has 3 heterocycles. The van der Waals surface area contributed by atoms with Crippen molar-refractivity contribution in [2.24, 2.45) is 0 Å². The highest BCUT2D eigenvalue weighted by Crippen LogP contribution is 2.25. The number of aromatic nitrogens is 5. The average Bonchev–Trinajstić information content (AvgIpc) is 3.60. The molecule has 0 aliphatic carbocycles. The first-order chi connectivity index (χ1) is 17.6. The van der Waals surface area contributed by atoms with Crippen LogP contribution >= 0.6 is 11.3 Å². The van der Waals surface area contributed by atoms with E-state index in [9.17, 15) is 9.18 Å². The Morgan fingerprint density at radius 1 is 0.917 bits per heavy atom. The summed E-state index contributed by atoms with van der Waals surface area (Å²) < 4.78 is 22.3. The van der Waals surface area contributed by atoms with Crippen LogP contribution in [0.4, 0.5) is 4.39 Å². The largest absolute Gasteiger partial charge is 0.497 e. The van der Waals surface area contributed by atoms with E-state index in [1.807, 2.05) is 60.8 Å². The lowest BCUT2D eigenvalue weighted by Crippen LogP contribution is -2.23. The lowest BCUT2D eigenvalue weighted by Gasteiger charge is -2.00. The van der Waals surface area contributed by atoms with Crippen LogP contribution in [0.25, 0.3) is 39.4 Å². The predicted octanol–water partition coefficient (Wildman–Crippen LogP) is 4.37. The second kappa shape index (κ2) is 8.86.